The molecule has 0 aromatic heterocycles. The van der Waals surface area contributed by atoms with E-state index >= 15 is 0 Å². The third kappa shape index (κ3) is 2.51. The van der Waals surface area contributed by atoms with Crippen molar-refractivity contribution in [2.24, 2.45) is 0 Å². The molecule has 0 bridgehead atoms. The van der Waals surface area contributed by atoms with Crippen LogP contribution in [0.4, 0.5) is 4.39 Å². The summed E-state index contributed by atoms with van der Waals surface area (Å²) in [5.41, 5.74) is 0.758. The first-order valence-electron chi connectivity index (χ1n) is 3.64. The van der Waals surface area contributed by atoms with Crippen LogP contribution in [0.15, 0.2) is 24.3 Å². The minimum Gasteiger partial charge on any atom is -0.207 e. The Morgan fingerprint density at radius 1 is 1.27 bits per heavy atom. The van der Waals surface area contributed by atoms with Crippen molar-refractivity contribution < 1.29 is 4.39 Å². The molecule has 0 saturated heterocycles. The molecule has 1 aromatic carbocycles. The van der Waals surface area contributed by atoms with E-state index in [2.05, 4.69) is 0 Å². The van der Waals surface area contributed by atoms with E-state index in [0.717, 1.165) is 18.4 Å². The van der Waals surface area contributed by atoms with E-state index in [1.165, 1.54) is 6.07 Å². The lowest BCUT2D eigenvalue weighted by molar-refractivity contribution is 0.607. The van der Waals surface area contributed by atoms with Crippen molar-refractivity contribution in [3.8, 4) is 0 Å². The van der Waals surface area contributed by atoms with Crippen molar-refractivity contribution in [3.63, 3.8) is 0 Å². The highest BCUT2D eigenvalue weighted by Crippen LogP contribution is 2.08. The van der Waals surface area contributed by atoms with Crippen LogP contribution in [0.5, 0.6) is 0 Å². The van der Waals surface area contributed by atoms with Crippen molar-refractivity contribution >= 4 is 11.6 Å². The van der Waals surface area contributed by atoms with E-state index in [0.29, 0.717) is 5.88 Å². The normalized spacial score (nSPS) is 10.0. The van der Waals surface area contributed by atoms with Gasteiger partial charge in [-0.05, 0) is 24.5 Å². The molecule has 11 heavy (non-hydrogen) atoms. The number of alkyl halides is 1. The van der Waals surface area contributed by atoms with E-state index < -0.39 is 0 Å². The van der Waals surface area contributed by atoms with Crippen molar-refractivity contribution in [3.05, 3.63) is 35.6 Å². The molecular formula is C9H10ClF. The van der Waals surface area contributed by atoms with E-state index in [4.69, 9.17) is 11.6 Å². The molecular weight excluding hydrogens is 163 g/mol. The van der Waals surface area contributed by atoms with Gasteiger partial charge in [0.15, 0.2) is 0 Å². The van der Waals surface area contributed by atoms with Crippen LogP contribution in [-0.2, 0) is 6.42 Å². The van der Waals surface area contributed by atoms with Gasteiger partial charge in [0.1, 0.15) is 5.82 Å². The minimum atomic E-state index is -0.127. The van der Waals surface area contributed by atoms with Gasteiger partial charge in [-0.3, -0.25) is 0 Å². The Labute approximate surface area is 71.0 Å². The Kier molecular flexibility index (Phi) is 3.37. The van der Waals surface area contributed by atoms with Gasteiger partial charge in [-0.15, -0.1) is 11.6 Å². The summed E-state index contributed by atoms with van der Waals surface area (Å²) in [6.07, 6.45) is 1.57. The second-order valence-corrected chi connectivity index (χ2v) is 2.76. The molecule has 0 aliphatic heterocycles. The van der Waals surface area contributed by atoms with Gasteiger partial charge >= 0.3 is 0 Å². The monoisotopic (exact) mass is 172 g/mol. The van der Waals surface area contributed by atoms with Crippen LogP contribution in [0.3, 0.4) is 0 Å². The van der Waals surface area contributed by atoms with Gasteiger partial charge in [0.2, 0.25) is 0 Å². The van der Waals surface area contributed by atoms with Gasteiger partial charge in [0.25, 0.3) is 0 Å². The molecule has 1 aromatic rings. The Balaban J connectivity index is 2.62. The predicted octanol–water partition coefficient (Wildman–Crippen LogP) is 3.00. The Morgan fingerprint density at radius 2 is 2.00 bits per heavy atom. The van der Waals surface area contributed by atoms with Crippen LogP contribution >= 0.6 is 11.6 Å². The average molecular weight is 173 g/mol. The highest BCUT2D eigenvalue weighted by molar-refractivity contribution is 6.17. The minimum absolute atomic E-state index is 0.127. The average Bonchev–Trinajstić information content (AvgIpc) is 2.03. The quantitative estimate of drug-likeness (QED) is 0.615. The fourth-order valence-corrected chi connectivity index (χ4v) is 1.09. The Hall–Kier alpha value is -0.560. The fraction of sp³-hybridized carbons (Fsp3) is 0.333. The fourth-order valence-electron chi connectivity index (χ4n) is 0.958. The molecule has 0 spiro atoms. The highest BCUT2D eigenvalue weighted by Gasteiger charge is 1.98. The highest BCUT2D eigenvalue weighted by atomic mass is 35.5. The molecule has 0 unspecified atom stereocenters. The van der Waals surface area contributed by atoms with Crippen molar-refractivity contribution in [1.29, 1.82) is 0 Å². The van der Waals surface area contributed by atoms with Crippen LogP contribution in [0.25, 0.3) is 0 Å². The number of aryl methyl sites for hydroxylation is 1. The maximum absolute atomic E-state index is 12.9. The van der Waals surface area contributed by atoms with Crippen LogP contribution in [0.1, 0.15) is 12.0 Å². The maximum Gasteiger partial charge on any atom is 0.126 e. The van der Waals surface area contributed by atoms with E-state index in [-0.39, 0.29) is 5.82 Å². The van der Waals surface area contributed by atoms with Crippen molar-refractivity contribution in [2.45, 2.75) is 12.8 Å². The molecule has 0 atom stereocenters. The summed E-state index contributed by atoms with van der Waals surface area (Å²) in [5, 5.41) is 0. The first-order valence-corrected chi connectivity index (χ1v) is 4.17. The smallest absolute Gasteiger partial charge is 0.126 e. The number of hydrogen-bond donors (Lipinski definition) is 0. The number of halogens is 2. The molecule has 0 N–H and O–H groups in total. The van der Waals surface area contributed by atoms with Gasteiger partial charge in [-0.1, -0.05) is 18.2 Å². The first-order chi connectivity index (χ1) is 5.34. The van der Waals surface area contributed by atoms with Gasteiger partial charge in [-0.2, -0.15) is 0 Å². The summed E-state index contributed by atoms with van der Waals surface area (Å²) in [7, 11) is 0. The zero-order valence-corrected chi connectivity index (χ0v) is 6.94. The topological polar surface area (TPSA) is 0 Å². The second-order valence-electron chi connectivity index (χ2n) is 2.38. The van der Waals surface area contributed by atoms with Crippen molar-refractivity contribution in [1.82, 2.24) is 0 Å². The van der Waals surface area contributed by atoms with E-state index in [1.807, 2.05) is 6.07 Å². The lowest BCUT2D eigenvalue weighted by Crippen LogP contribution is -1.90. The standard InChI is InChI=1S/C9H10ClF/c10-7-3-5-8-4-1-2-6-9(8)11/h1-2,4,6H,3,5,7H2. The predicted molar refractivity (Wildman–Crippen MR) is 45.4 cm³/mol. The molecule has 0 radical (unpaired) electrons. The molecule has 2 heteroatoms. The van der Waals surface area contributed by atoms with Gasteiger partial charge < -0.3 is 0 Å². The second kappa shape index (κ2) is 4.35. The summed E-state index contributed by atoms with van der Waals surface area (Å²) in [6, 6.07) is 6.80. The summed E-state index contributed by atoms with van der Waals surface area (Å²) >= 11 is 5.48. The third-order valence-corrected chi connectivity index (χ3v) is 1.80. The lowest BCUT2D eigenvalue weighted by Gasteiger charge is -1.99. The zero-order chi connectivity index (χ0) is 8.10. The molecule has 0 heterocycles. The molecule has 0 amide bonds. The van der Waals surface area contributed by atoms with Crippen LogP contribution in [-0.4, -0.2) is 5.88 Å². The third-order valence-electron chi connectivity index (χ3n) is 1.54. The summed E-state index contributed by atoms with van der Waals surface area (Å²) in [4.78, 5) is 0. The summed E-state index contributed by atoms with van der Waals surface area (Å²) < 4.78 is 12.9. The van der Waals surface area contributed by atoms with Gasteiger partial charge in [-0.25, -0.2) is 4.39 Å². The van der Waals surface area contributed by atoms with Gasteiger partial charge in [0, 0.05) is 5.88 Å². The van der Waals surface area contributed by atoms with Crippen molar-refractivity contribution in [2.75, 3.05) is 5.88 Å². The Morgan fingerprint density at radius 3 is 2.64 bits per heavy atom. The molecule has 0 nitrogen and oxygen atoms in total. The van der Waals surface area contributed by atoms with Crippen LogP contribution in [0.2, 0.25) is 0 Å². The Bertz CT molecular complexity index is 223. The van der Waals surface area contributed by atoms with Crippen LogP contribution < -0.4 is 0 Å². The number of hydrogen-bond acceptors (Lipinski definition) is 0. The maximum atomic E-state index is 12.9. The zero-order valence-electron chi connectivity index (χ0n) is 6.19. The van der Waals surface area contributed by atoms with Crippen LogP contribution in [0, 0.1) is 5.82 Å². The molecule has 60 valence electrons. The first kappa shape index (κ1) is 8.54. The molecule has 0 aliphatic rings. The molecule has 0 fully saturated rings. The van der Waals surface area contributed by atoms with E-state index in [1.54, 1.807) is 12.1 Å². The summed E-state index contributed by atoms with van der Waals surface area (Å²) in [5.74, 6) is 0.464. The van der Waals surface area contributed by atoms with E-state index in [9.17, 15) is 4.39 Å². The molecule has 0 saturated carbocycles. The van der Waals surface area contributed by atoms with Gasteiger partial charge in [0.05, 0.1) is 0 Å². The largest absolute Gasteiger partial charge is 0.207 e. The lowest BCUT2D eigenvalue weighted by atomic mass is 10.1. The molecule has 1 rings (SSSR count). The molecule has 0 aliphatic carbocycles. The SMILES string of the molecule is Fc1ccccc1CCCCl. The number of rotatable bonds is 3. The number of benzene rings is 1. The summed E-state index contributed by atoms with van der Waals surface area (Å²) in [6.45, 7) is 0.